The Morgan fingerprint density at radius 3 is 2.33 bits per heavy atom. The lowest BCUT2D eigenvalue weighted by atomic mass is 9.86. The molecular weight excluding hydrogens is 218 g/mol. The van der Waals surface area contributed by atoms with Gasteiger partial charge < -0.3 is 0 Å². The van der Waals surface area contributed by atoms with E-state index < -0.39 is 0 Å². The van der Waals surface area contributed by atoms with Gasteiger partial charge in [-0.15, -0.1) is 0 Å². The van der Waals surface area contributed by atoms with E-state index in [0.29, 0.717) is 11.8 Å². The van der Waals surface area contributed by atoms with Crippen LogP contribution >= 0.6 is 0 Å². The zero-order valence-electron chi connectivity index (χ0n) is 11.2. The fourth-order valence-corrected chi connectivity index (χ4v) is 2.48. The second-order valence-corrected chi connectivity index (χ2v) is 4.91. The molecule has 0 aliphatic carbocycles. The number of rotatable bonds is 5. The van der Waals surface area contributed by atoms with Gasteiger partial charge in [-0.3, -0.25) is 4.98 Å². The lowest BCUT2D eigenvalue weighted by Gasteiger charge is -2.19. The molecule has 18 heavy (non-hydrogen) atoms. The van der Waals surface area contributed by atoms with Crippen LogP contribution in [0, 0.1) is 0 Å². The molecule has 2 rings (SSSR count). The highest BCUT2D eigenvalue weighted by Gasteiger charge is 2.15. The molecule has 94 valence electrons. The van der Waals surface area contributed by atoms with Gasteiger partial charge in [0.05, 0.1) is 0 Å². The molecule has 1 heterocycles. The first-order valence-electron chi connectivity index (χ1n) is 6.77. The summed E-state index contributed by atoms with van der Waals surface area (Å²) in [5.74, 6) is 1.14. The second kappa shape index (κ2) is 6.34. The second-order valence-electron chi connectivity index (χ2n) is 4.91. The molecule has 1 aromatic carbocycles. The van der Waals surface area contributed by atoms with Gasteiger partial charge in [0.2, 0.25) is 0 Å². The van der Waals surface area contributed by atoms with Crippen molar-refractivity contribution in [2.24, 2.45) is 0 Å². The van der Waals surface area contributed by atoms with E-state index in [2.05, 4.69) is 61.3 Å². The summed E-state index contributed by atoms with van der Waals surface area (Å²) in [7, 11) is 0. The Morgan fingerprint density at radius 2 is 1.72 bits per heavy atom. The number of aromatic nitrogens is 1. The van der Waals surface area contributed by atoms with E-state index in [1.54, 1.807) is 0 Å². The van der Waals surface area contributed by atoms with E-state index in [4.69, 9.17) is 0 Å². The topological polar surface area (TPSA) is 12.9 Å². The van der Waals surface area contributed by atoms with E-state index in [1.807, 2.05) is 12.3 Å². The SMILES string of the molecule is CCC(CC(C)c1ccccn1)c1ccccc1. The van der Waals surface area contributed by atoms with Crippen molar-refractivity contribution in [3.8, 4) is 0 Å². The summed E-state index contributed by atoms with van der Waals surface area (Å²) in [4.78, 5) is 4.46. The molecular formula is C17H21N. The number of hydrogen-bond donors (Lipinski definition) is 0. The van der Waals surface area contributed by atoms with Crippen LogP contribution in [0.15, 0.2) is 54.7 Å². The van der Waals surface area contributed by atoms with Gasteiger partial charge in [-0.2, -0.15) is 0 Å². The monoisotopic (exact) mass is 239 g/mol. The van der Waals surface area contributed by atoms with Crippen molar-refractivity contribution in [1.29, 1.82) is 0 Å². The summed E-state index contributed by atoms with van der Waals surface area (Å²) < 4.78 is 0. The van der Waals surface area contributed by atoms with E-state index in [1.165, 1.54) is 17.7 Å². The van der Waals surface area contributed by atoms with Crippen molar-refractivity contribution in [1.82, 2.24) is 4.98 Å². The van der Waals surface area contributed by atoms with Crippen LogP contribution < -0.4 is 0 Å². The van der Waals surface area contributed by atoms with Crippen LogP contribution in [0.5, 0.6) is 0 Å². The maximum Gasteiger partial charge on any atom is 0.0431 e. The number of benzene rings is 1. The highest BCUT2D eigenvalue weighted by Crippen LogP contribution is 2.30. The molecule has 0 aliphatic rings. The van der Waals surface area contributed by atoms with Gasteiger partial charge in [-0.05, 0) is 42.4 Å². The maximum absolute atomic E-state index is 4.46. The van der Waals surface area contributed by atoms with Gasteiger partial charge >= 0.3 is 0 Å². The van der Waals surface area contributed by atoms with Gasteiger partial charge in [0.15, 0.2) is 0 Å². The van der Waals surface area contributed by atoms with Crippen LogP contribution in [0.1, 0.15) is 49.8 Å². The summed E-state index contributed by atoms with van der Waals surface area (Å²) in [6.45, 7) is 4.54. The average Bonchev–Trinajstić information content (AvgIpc) is 2.46. The molecule has 0 aliphatic heterocycles. The Hall–Kier alpha value is -1.63. The minimum atomic E-state index is 0.511. The Bertz CT molecular complexity index is 450. The predicted molar refractivity (Wildman–Crippen MR) is 76.7 cm³/mol. The standard InChI is InChI=1S/C17H21N/c1-3-15(16-9-5-4-6-10-16)13-14(2)17-11-7-8-12-18-17/h4-12,14-15H,3,13H2,1-2H3. The fourth-order valence-electron chi connectivity index (χ4n) is 2.48. The lowest BCUT2D eigenvalue weighted by Crippen LogP contribution is -2.04. The first-order valence-corrected chi connectivity index (χ1v) is 6.77. The summed E-state index contributed by atoms with van der Waals surface area (Å²) in [6.07, 6.45) is 4.23. The minimum Gasteiger partial charge on any atom is -0.261 e. The first kappa shape index (κ1) is 12.8. The van der Waals surface area contributed by atoms with Crippen molar-refractivity contribution in [2.45, 2.75) is 38.5 Å². The van der Waals surface area contributed by atoms with E-state index >= 15 is 0 Å². The normalized spacial score (nSPS) is 14.1. The quantitative estimate of drug-likeness (QED) is 0.732. The highest BCUT2D eigenvalue weighted by molar-refractivity contribution is 5.20. The summed E-state index contributed by atoms with van der Waals surface area (Å²) in [5, 5.41) is 0. The summed E-state index contributed by atoms with van der Waals surface area (Å²) in [6, 6.07) is 17.0. The molecule has 2 unspecified atom stereocenters. The van der Waals surface area contributed by atoms with Gasteiger partial charge in [-0.1, -0.05) is 50.2 Å². The fraction of sp³-hybridized carbons (Fsp3) is 0.353. The third kappa shape index (κ3) is 3.19. The maximum atomic E-state index is 4.46. The van der Waals surface area contributed by atoms with Crippen molar-refractivity contribution < 1.29 is 0 Å². The molecule has 0 N–H and O–H groups in total. The number of pyridine rings is 1. The van der Waals surface area contributed by atoms with Crippen molar-refractivity contribution in [2.75, 3.05) is 0 Å². The third-order valence-electron chi connectivity index (χ3n) is 3.59. The minimum absolute atomic E-state index is 0.511. The Balaban J connectivity index is 2.07. The molecule has 0 saturated carbocycles. The molecule has 1 heteroatoms. The molecule has 2 aromatic rings. The number of nitrogens with zero attached hydrogens (tertiary/aromatic N) is 1. The van der Waals surface area contributed by atoms with Crippen LogP contribution in [0.3, 0.4) is 0 Å². The van der Waals surface area contributed by atoms with Crippen LogP contribution in [0.25, 0.3) is 0 Å². The zero-order chi connectivity index (χ0) is 12.8. The van der Waals surface area contributed by atoms with Gasteiger partial charge in [0.1, 0.15) is 0 Å². The Kier molecular flexibility index (Phi) is 4.52. The Morgan fingerprint density at radius 1 is 1.00 bits per heavy atom. The molecule has 1 aromatic heterocycles. The van der Waals surface area contributed by atoms with Gasteiger partial charge in [0, 0.05) is 11.9 Å². The predicted octanol–water partition coefficient (Wildman–Crippen LogP) is 4.77. The van der Waals surface area contributed by atoms with E-state index in [0.717, 1.165) is 6.42 Å². The summed E-state index contributed by atoms with van der Waals surface area (Å²) in [5.41, 5.74) is 2.65. The highest BCUT2D eigenvalue weighted by atomic mass is 14.7. The van der Waals surface area contributed by atoms with E-state index in [9.17, 15) is 0 Å². The molecule has 0 saturated heterocycles. The first-order chi connectivity index (χ1) is 8.81. The van der Waals surface area contributed by atoms with Crippen molar-refractivity contribution in [3.63, 3.8) is 0 Å². The number of hydrogen-bond acceptors (Lipinski definition) is 1. The van der Waals surface area contributed by atoms with Crippen LogP contribution in [-0.2, 0) is 0 Å². The third-order valence-corrected chi connectivity index (χ3v) is 3.59. The average molecular weight is 239 g/mol. The van der Waals surface area contributed by atoms with Crippen LogP contribution in [0.2, 0.25) is 0 Å². The van der Waals surface area contributed by atoms with Crippen LogP contribution in [0.4, 0.5) is 0 Å². The zero-order valence-corrected chi connectivity index (χ0v) is 11.2. The lowest BCUT2D eigenvalue weighted by molar-refractivity contribution is 0.537. The molecule has 0 spiro atoms. The van der Waals surface area contributed by atoms with Gasteiger partial charge in [-0.25, -0.2) is 0 Å². The molecule has 0 bridgehead atoms. The van der Waals surface area contributed by atoms with Crippen LogP contribution in [-0.4, -0.2) is 4.98 Å². The largest absolute Gasteiger partial charge is 0.261 e. The molecule has 2 atom stereocenters. The van der Waals surface area contributed by atoms with Crippen molar-refractivity contribution >= 4 is 0 Å². The molecule has 0 radical (unpaired) electrons. The smallest absolute Gasteiger partial charge is 0.0431 e. The summed E-state index contributed by atoms with van der Waals surface area (Å²) >= 11 is 0. The van der Waals surface area contributed by atoms with Gasteiger partial charge in [0.25, 0.3) is 0 Å². The Labute approximate surface area is 110 Å². The van der Waals surface area contributed by atoms with E-state index in [-0.39, 0.29) is 0 Å². The molecule has 0 amide bonds. The molecule has 1 nitrogen and oxygen atoms in total. The van der Waals surface area contributed by atoms with Crippen molar-refractivity contribution in [3.05, 3.63) is 66.0 Å². The molecule has 0 fully saturated rings.